The number of carbonyl (C=O) groups is 3. The van der Waals surface area contributed by atoms with Gasteiger partial charge in [0.15, 0.2) is 11.5 Å². The number of carbonyl (C=O) groups excluding carboxylic acids is 3. The Balaban J connectivity index is 1.19. The average molecular weight is 759 g/mol. The first-order valence-electron chi connectivity index (χ1n) is 18.1. The number of nitrogens with one attached hydrogen (secondary N) is 1. The van der Waals surface area contributed by atoms with Gasteiger partial charge in [0.25, 0.3) is 11.8 Å². The van der Waals surface area contributed by atoms with Gasteiger partial charge < -0.3 is 14.4 Å². The van der Waals surface area contributed by atoms with Crippen molar-refractivity contribution in [3.8, 4) is 11.5 Å². The number of barbiturate groups is 1. The Labute approximate surface area is 323 Å². The van der Waals surface area contributed by atoms with E-state index in [0.717, 1.165) is 53.2 Å². The first-order valence-corrected chi connectivity index (χ1v) is 18.8. The molecule has 8 nitrogen and oxygen atoms in total. The van der Waals surface area contributed by atoms with Crippen molar-refractivity contribution in [3.05, 3.63) is 158 Å². The SMILES string of the molecule is CCOc1cc(/C=C2\C(=O)NC(=O)N(c3cc4c5c(c3)[C@H](c3ccccc3)CCN5CC[C@@H]4c3ccccc3)C2=O)cc(Cl)c1OCc1ccc(Cl)cc1. The van der Waals surface area contributed by atoms with E-state index in [1.165, 1.54) is 17.2 Å². The van der Waals surface area contributed by atoms with Gasteiger partial charge in [0.05, 0.1) is 17.3 Å². The Kier molecular flexibility index (Phi) is 9.88. The Bertz CT molecular complexity index is 2210. The number of hydrogen-bond acceptors (Lipinski definition) is 6. The van der Waals surface area contributed by atoms with E-state index in [1.807, 2.05) is 67.6 Å². The third kappa shape index (κ3) is 6.83. The number of imide groups is 2. The number of anilines is 2. The minimum atomic E-state index is -0.802. The lowest BCUT2D eigenvalue weighted by molar-refractivity contribution is -0.122. The van der Waals surface area contributed by atoms with E-state index in [9.17, 15) is 14.4 Å². The monoisotopic (exact) mass is 757 g/mol. The molecule has 1 saturated heterocycles. The molecule has 0 unspecified atom stereocenters. The van der Waals surface area contributed by atoms with Crippen molar-refractivity contribution >= 4 is 58.5 Å². The van der Waals surface area contributed by atoms with Crippen molar-refractivity contribution < 1.29 is 23.9 Å². The summed E-state index contributed by atoms with van der Waals surface area (Å²) in [5.41, 5.74) is 7.14. The summed E-state index contributed by atoms with van der Waals surface area (Å²) in [6.07, 6.45) is 3.21. The van der Waals surface area contributed by atoms with Crippen LogP contribution in [0.15, 0.2) is 115 Å². The van der Waals surface area contributed by atoms with E-state index in [4.69, 9.17) is 32.7 Å². The molecule has 54 heavy (non-hydrogen) atoms. The number of amides is 4. The van der Waals surface area contributed by atoms with Crippen LogP contribution in [0.4, 0.5) is 16.2 Å². The lowest BCUT2D eigenvalue weighted by atomic mass is 9.76. The maximum absolute atomic E-state index is 14.4. The molecule has 10 heteroatoms. The highest BCUT2D eigenvalue weighted by molar-refractivity contribution is 6.39. The van der Waals surface area contributed by atoms with Crippen LogP contribution in [0.2, 0.25) is 10.0 Å². The molecule has 0 aliphatic carbocycles. The maximum atomic E-state index is 14.4. The van der Waals surface area contributed by atoms with E-state index in [-0.39, 0.29) is 29.0 Å². The number of nitrogens with zero attached hydrogens (tertiary/aromatic N) is 2. The van der Waals surface area contributed by atoms with Crippen molar-refractivity contribution in [1.29, 1.82) is 0 Å². The van der Waals surface area contributed by atoms with Crippen molar-refractivity contribution in [2.24, 2.45) is 0 Å². The van der Waals surface area contributed by atoms with Gasteiger partial charge in [-0.1, -0.05) is 96.0 Å². The van der Waals surface area contributed by atoms with E-state index in [1.54, 1.807) is 24.3 Å². The topological polar surface area (TPSA) is 88.2 Å². The summed E-state index contributed by atoms with van der Waals surface area (Å²) < 4.78 is 11.9. The summed E-state index contributed by atoms with van der Waals surface area (Å²) in [4.78, 5) is 45.0. The molecule has 0 bridgehead atoms. The van der Waals surface area contributed by atoms with Crippen LogP contribution in [-0.4, -0.2) is 37.5 Å². The number of hydrogen-bond donors (Lipinski definition) is 1. The van der Waals surface area contributed by atoms with Crippen LogP contribution in [0.5, 0.6) is 11.5 Å². The summed E-state index contributed by atoms with van der Waals surface area (Å²) in [6, 6.07) is 34.3. The molecule has 1 N–H and O–H groups in total. The van der Waals surface area contributed by atoms with Gasteiger partial charge >= 0.3 is 6.03 Å². The Morgan fingerprint density at radius 3 is 1.98 bits per heavy atom. The van der Waals surface area contributed by atoms with Crippen LogP contribution in [0.25, 0.3) is 6.08 Å². The second kappa shape index (κ2) is 15.0. The zero-order valence-corrected chi connectivity index (χ0v) is 31.1. The molecule has 3 aliphatic heterocycles. The number of rotatable bonds is 9. The summed E-state index contributed by atoms with van der Waals surface area (Å²) in [5, 5.41) is 3.26. The molecule has 1 fully saturated rings. The smallest absolute Gasteiger partial charge is 0.335 e. The predicted molar refractivity (Wildman–Crippen MR) is 212 cm³/mol. The van der Waals surface area contributed by atoms with Gasteiger partial charge in [0.2, 0.25) is 0 Å². The minimum Gasteiger partial charge on any atom is -0.490 e. The molecule has 3 aliphatic rings. The van der Waals surface area contributed by atoms with E-state index >= 15 is 0 Å². The molecule has 0 spiro atoms. The molecule has 2 atom stereocenters. The summed E-state index contributed by atoms with van der Waals surface area (Å²) in [5.74, 6) is -0.739. The van der Waals surface area contributed by atoms with E-state index in [0.29, 0.717) is 34.4 Å². The van der Waals surface area contributed by atoms with Crippen LogP contribution in [0.3, 0.4) is 0 Å². The van der Waals surface area contributed by atoms with E-state index < -0.39 is 17.8 Å². The first-order chi connectivity index (χ1) is 26.3. The summed E-state index contributed by atoms with van der Waals surface area (Å²) in [7, 11) is 0. The largest absolute Gasteiger partial charge is 0.490 e. The Morgan fingerprint density at radius 1 is 0.778 bits per heavy atom. The van der Waals surface area contributed by atoms with Crippen molar-refractivity contribution in [2.45, 2.75) is 38.2 Å². The second-order valence-corrected chi connectivity index (χ2v) is 14.4. The predicted octanol–water partition coefficient (Wildman–Crippen LogP) is 9.52. The number of ether oxygens (including phenoxy) is 2. The Morgan fingerprint density at radius 2 is 1.39 bits per heavy atom. The van der Waals surface area contributed by atoms with Gasteiger partial charge in [-0.05, 0) is 95.6 Å². The molecule has 5 aromatic rings. The molecular weight excluding hydrogens is 721 g/mol. The summed E-state index contributed by atoms with van der Waals surface area (Å²) in [6.45, 7) is 4.18. The normalized spacial score (nSPS) is 18.7. The highest BCUT2D eigenvalue weighted by Gasteiger charge is 2.40. The van der Waals surface area contributed by atoms with Crippen molar-refractivity contribution in [3.63, 3.8) is 0 Å². The third-order valence-corrected chi connectivity index (χ3v) is 10.8. The quantitative estimate of drug-likeness (QED) is 0.119. The number of urea groups is 1. The maximum Gasteiger partial charge on any atom is 0.335 e. The Hall–Kier alpha value is -5.57. The minimum absolute atomic E-state index is 0.0600. The van der Waals surface area contributed by atoms with Crippen LogP contribution >= 0.6 is 23.2 Å². The van der Waals surface area contributed by atoms with Crippen molar-refractivity contribution in [2.75, 3.05) is 29.5 Å². The first kappa shape index (κ1) is 35.5. The van der Waals surface area contributed by atoms with Gasteiger partial charge in [0.1, 0.15) is 12.2 Å². The molecule has 0 saturated carbocycles. The van der Waals surface area contributed by atoms with Crippen LogP contribution in [0, 0.1) is 0 Å². The molecule has 0 aromatic heterocycles. The molecule has 0 radical (unpaired) electrons. The van der Waals surface area contributed by atoms with E-state index in [2.05, 4.69) is 34.5 Å². The molecule has 3 heterocycles. The molecule has 8 rings (SSSR count). The van der Waals surface area contributed by atoms with Crippen LogP contribution < -0.4 is 24.6 Å². The fourth-order valence-corrected chi connectivity index (χ4v) is 8.24. The van der Waals surface area contributed by atoms with Gasteiger partial charge in [-0.2, -0.15) is 0 Å². The lowest BCUT2D eigenvalue weighted by Gasteiger charge is -2.44. The molecule has 5 aromatic carbocycles. The van der Waals surface area contributed by atoms with Gasteiger partial charge in [-0.15, -0.1) is 0 Å². The molecule has 272 valence electrons. The van der Waals surface area contributed by atoms with Crippen LogP contribution in [-0.2, 0) is 16.2 Å². The molecular formula is C44H37Cl2N3O5. The van der Waals surface area contributed by atoms with Gasteiger partial charge in [-0.25, -0.2) is 9.69 Å². The highest BCUT2D eigenvalue weighted by atomic mass is 35.5. The number of benzene rings is 5. The standard InChI is InChI=1S/C44H37Cl2N3O5/c1-2-53-39-23-28(22-38(46)41(39)54-26-27-13-15-31(45)16-14-27)21-37-42(50)47-44(52)49(43(37)51)32-24-35-33(29-9-5-3-6-10-29)17-19-48-20-18-34(36(25-32)40(35)48)30-11-7-4-8-12-30/h3-16,21-25,33-34H,2,17-20,26H2,1H3,(H,47,50,52)/b37-21+/t33-,34+. The average Bonchev–Trinajstić information content (AvgIpc) is 3.18. The highest BCUT2D eigenvalue weighted by Crippen LogP contribution is 2.50. The fraction of sp³-hybridized carbons (Fsp3) is 0.205. The third-order valence-electron chi connectivity index (χ3n) is 10.3. The fourth-order valence-electron chi connectivity index (χ4n) is 7.84. The van der Waals surface area contributed by atoms with Gasteiger partial charge in [0, 0.05) is 35.6 Å². The zero-order chi connectivity index (χ0) is 37.3. The number of halogens is 2. The lowest BCUT2D eigenvalue weighted by Crippen LogP contribution is -2.54. The summed E-state index contributed by atoms with van der Waals surface area (Å²) >= 11 is 12.8. The van der Waals surface area contributed by atoms with Crippen LogP contribution in [0.1, 0.15) is 65.0 Å². The molecule has 4 amide bonds. The second-order valence-electron chi connectivity index (χ2n) is 13.6. The zero-order valence-electron chi connectivity index (χ0n) is 29.6. The van der Waals surface area contributed by atoms with Crippen molar-refractivity contribution in [1.82, 2.24) is 5.32 Å². The van der Waals surface area contributed by atoms with Gasteiger partial charge in [-0.3, -0.25) is 14.9 Å².